The Morgan fingerprint density at radius 2 is 1.68 bits per heavy atom. The van der Waals surface area contributed by atoms with Gasteiger partial charge in [0.2, 0.25) is 0 Å². The van der Waals surface area contributed by atoms with Crippen molar-refractivity contribution in [2.45, 2.75) is 0 Å². The number of phenolic OH excluding ortho intramolecular Hbond substituents is 1. The Morgan fingerprint density at radius 3 is 2.36 bits per heavy atom. The Hall–Kier alpha value is -2.63. The number of carbonyl (C=O) groups excluding carboxylic acids is 1. The molecule has 0 atom stereocenters. The molecule has 3 rings (SSSR count). The summed E-state index contributed by atoms with van der Waals surface area (Å²) in [5.74, 6) is 0.734. The van der Waals surface area contributed by atoms with E-state index in [9.17, 15) is 9.90 Å². The normalized spacial score (nSPS) is 10.5. The predicted molar refractivity (Wildman–Crippen MR) is 101 cm³/mol. The third-order valence-electron chi connectivity index (χ3n) is 3.61. The summed E-state index contributed by atoms with van der Waals surface area (Å²) in [7, 11) is 1.57. The minimum atomic E-state index is -0.473. The Morgan fingerprint density at radius 1 is 0.960 bits per heavy atom. The number of ether oxygens (including phenoxy) is 1. The predicted octanol–water partition coefficient (Wildman–Crippen LogP) is 5.50. The summed E-state index contributed by atoms with van der Waals surface area (Å²) < 4.78 is 5.07. The highest BCUT2D eigenvalue weighted by Gasteiger charge is 2.13. The van der Waals surface area contributed by atoms with Gasteiger partial charge in [-0.15, -0.1) is 0 Å². The van der Waals surface area contributed by atoms with Gasteiger partial charge >= 0.3 is 6.03 Å². The topological polar surface area (TPSA) is 70.6 Å². The molecule has 128 valence electrons. The van der Waals surface area contributed by atoms with Crippen molar-refractivity contribution in [2.75, 3.05) is 17.7 Å². The van der Waals surface area contributed by atoms with Crippen LogP contribution in [0, 0.1) is 0 Å². The molecule has 25 heavy (non-hydrogen) atoms. The van der Waals surface area contributed by atoms with E-state index >= 15 is 0 Å². The molecule has 3 aromatic carbocycles. The van der Waals surface area contributed by atoms with Crippen LogP contribution < -0.4 is 15.4 Å². The summed E-state index contributed by atoms with van der Waals surface area (Å²) in [6.45, 7) is 0. The van der Waals surface area contributed by atoms with Crippen molar-refractivity contribution >= 4 is 51.4 Å². The molecule has 2 amide bonds. The lowest BCUT2D eigenvalue weighted by Crippen LogP contribution is -2.19. The van der Waals surface area contributed by atoms with Crippen LogP contribution in [0.3, 0.4) is 0 Å². The lowest BCUT2D eigenvalue weighted by Gasteiger charge is -2.13. The van der Waals surface area contributed by atoms with Gasteiger partial charge in [0, 0.05) is 16.5 Å². The summed E-state index contributed by atoms with van der Waals surface area (Å²) in [6.07, 6.45) is 0. The number of rotatable bonds is 3. The third-order valence-corrected chi connectivity index (χ3v) is 4.22. The highest BCUT2D eigenvalue weighted by molar-refractivity contribution is 6.41. The van der Waals surface area contributed by atoms with E-state index in [-0.39, 0.29) is 10.8 Å². The van der Waals surface area contributed by atoms with Gasteiger partial charge < -0.3 is 20.5 Å². The van der Waals surface area contributed by atoms with Gasteiger partial charge in [0.15, 0.2) is 0 Å². The molecule has 0 unspecified atom stereocenters. The molecule has 3 aromatic rings. The molecular weight excluding hydrogens is 363 g/mol. The number of methoxy groups -OCH3 is 1. The highest BCUT2D eigenvalue weighted by atomic mass is 35.5. The fourth-order valence-corrected chi connectivity index (χ4v) is 3.00. The first kappa shape index (κ1) is 17.2. The van der Waals surface area contributed by atoms with Crippen molar-refractivity contribution in [3.05, 3.63) is 58.6 Å². The summed E-state index contributed by atoms with van der Waals surface area (Å²) in [4.78, 5) is 12.3. The van der Waals surface area contributed by atoms with E-state index in [1.54, 1.807) is 43.5 Å². The van der Waals surface area contributed by atoms with Crippen LogP contribution in [0.4, 0.5) is 16.2 Å². The number of anilines is 2. The molecule has 0 aromatic heterocycles. The molecule has 0 heterocycles. The molecule has 0 radical (unpaired) electrons. The second-order valence-corrected chi connectivity index (χ2v) is 6.07. The fourth-order valence-electron chi connectivity index (χ4n) is 2.41. The van der Waals surface area contributed by atoms with Gasteiger partial charge in [-0.05, 0) is 48.5 Å². The largest absolute Gasteiger partial charge is 0.508 e. The highest BCUT2D eigenvalue weighted by Crippen LogP contribution is 2.38. The molecule has 0 saturated carbocycles. The lowest BCUT2D eigenvalue weighted by molar-refractivity contribution is 0.262. The van der Waals surface area contributed by atoms with Gasteiger partial charge in [0.05, 0.1) is 22.8 Å². The van der Waals surface area contributed by atoms with E-state index in [4.69, 9.17) is 27.9 Å². The van der Waals surface area contributed by atoms with E-state index in [0.29, 0.717) is 32.9 Å². The Bertz CT molecular complexity index is 943. The van der Waals surface area contributed by atoms with Gasteiger partial charge in [-0.25, -0.2) is 4.79 Å². The average Bonchev–Trinajstić information content (AvgIpc) is 2.59. The maximum Gasteiger partial charge on any atom is 0.323 e. The number of phenols is 1. The van der Waals surface area contributed by atoms with E-state index in [0.717, 1.165) is 0 Å². The molecule has 0 spiro atoms. The fraction of sp³-hybridized carbons (Fsp3) is 0.0556. The molecule has 5 nitrogen and oxygen atoms in total. The molecule has 0 aliphatic rings. The molecule has 0 aliphatic heterocycles. The number of hydrogen-bond donors (Lipinski definition) is 3. The number of halogens is 2. The molecule has 0 bridgehead atoms. The van der Waals surface area contributed by atoms with Gasteiger partial charge in [0.1, 0.15) is 11.5 Å². The molecular formula is C18H14Cl2N2O3. The second kappa shape index (κ2) is 7.09. The van der Waals surface area contributed by atoms with Crippen molar-refractivity contribution in [1.29, 1.82) is 0 Å². The van der Waals surface area contributed by atoms with Gasteiger partial charge in [-0.1, -0.05) is 23.2 Å². The number of nitrogens with one attached hydrogen (secondary N) is 2. The van der Waals surface area contributed by atoms with Crippen LogP contribution in [0.2, 0.25) is 10.0 Å². The van der Waals surface area contributed by atoms with Gasteiger partial charge in [-0.2, -0.15) is 0 Å². The van der Waals surface area contributed by atoms with Gasteiger partial charge in [-0.3, -0.25) is 0 Å². The van der Waals surface area contributed by atoms with Crippen LogP contribution in [0.25, 0.3) is 10.8 Å². The summed E-state index contributed by atoms with van der Waals surface area (Å²) in [6, 6.07) is 12.6. The third kappa shape index (κ3) is 3.73. The van der Waals surface area contributed by atoms with Crippen LogP contribution in [0.5, 0.6) is 11.5 Å². The van der Waals surface area contributed by atoms with Crippen molar-refractivity contribution in [3.8, 4) is 11.5 Å². The average molecular weight is 377 g/mol. The van der Waals surface area contributed by atoms with Crippen molar-refractivity contribution < 1.29 is 14.6 Å². The van der Waals surface area contributed by atoms with E-state index in [1.807, 2.05) is 0 Å². The van der Waals surface area contributed by atoms with Crippen molar-refractivity contribution in [1.82, 2.24) is 0 Å². The molecule has 0 fully saturated rings. The minimum absolute atomic E-state index is 0.0458. The van der Waals surface area contributed by atoms with Crippen LogP contribution in [-0.4, -0.2) is 18.2 Å². The first-order valence-electron chi connectivity index (χ1n) is 7.30. The summed E-state index contributed by atoms with van der Waals surface area (Å²) >= 11 is 12.4. The maximum atomic E-state index is 12.3. The molecule has 7 heteroatoms. The number of carbonyl (C=O) groups is 1. The summed E-state index contributed by atoms with van der Waals surface area (Å²) in [5.41, 5.74) is 0.957. The zero-order chi connectivity index (χ0) is 18.0. The lowest BCUT2D eigenvalue weighted by atomic mass is 10.1. The van der Waals surface area contributed by atoms with Crippen molar-refractivity contribution in [2.24, 2.45) is 0 Å². The summed E-state index contributed by atoms with van der Waals surface area (Å²) in [5, 5.41) is 17.1. The number of benzene rings is 3. The monoisotopic (exact) mass is 376 g/mol. The molecule has 0 aliphatic carbocycles. The number of amides is 2. The minimum Gasteiger partial charge on any atom is -0.508 e. The van der Waals surface area contributed by atoms with Crippen LogP contribution in [0.1, 0.15) is 0 Å². The van der Waals surface area contributed by atoms with Crippen molar-refractivity contribution in [3.63, 3.8) is 0 Å². The number of urea groups is 1. The quantitative estimate of drug-likeness (QED) is 0.564. The first-order valence-corrected chi connectivity index (χ1v) is 8.06. The number of aromatic hydroxyl groups is 1. The van der Waals surface area contributed by atoms with E-state index < -0.39 is 6.03 Å². The molecule has 0 saturated heterocycles. The SMILES string of the molecule is COc1ccc(NC(=O)Nc2c(Cl)cc(Cl)c3ccc(O)cc23)cc1. The first-order chi connectivity index (χ1) is 12.0. The van der Waals surface area contributed by atoms with Gasteiger partial charge in [0.25, 0.3) is 0 Å². The Labute approximate surface area is 154 Å². The standard InChI is InChI=1S/C18H14Cl2N2O3/c1-25-12-5-2-10(3-6-12)21-18(24)22-17-14-8-11(23)4-7-13(14)15(19)9-16(17)20/h2-9,23H,1H3,(H2,21,22,24). The van der Waals surface area contributed by atoms with Crippen LogP contribution in [0.15, 0.2) is 48.5 Å². The smallest absolute Gasteiger partial charge is 0.323 e. The number of hydrogen-bond acceptors (Lipinski definition) is 3. The Kier molecular flexibility index (Phi) is 4.88. The van der Waals surface area contributed by atoms with E-state index in [1.165, 1.54) is 12.1 Å². The van der Waals surface area contributed by atoms with Crippen LogP contribution in [-0.2, 0) is 0 Å². The zero-order valence-corrected chi connectivity index (χ0v) is 14.7. The number of fused-ring (bicyclic) bond motifs is 1. The zero-order valence-electron chi connectivity index (χ0n) is 13.1. The Balaban J connectivity index is 1.88. The molecule has 3 N–H and O–H groups in total. The maximum absolute atomic E-state index is 12.3. The van der Waals surface area contributed by atoms with E-state index in [2.05, 4.69) is 10.6 Å². The second-order valence-electron chi connectivity index (χ2n) is 5.25. The van der Waals surface area contributed by atoms with Crippen LogP contribution >= 0.6 is 23.2 Å².